The van der Waals surface area contributed by atoms with E-state index in [4.69, 9.17) is 4.42 Å². The van der Waals surface area contributed by atoms with Gasteiger partial charge in [-0.25, -0.2) is 13.4 Å². The lowest BCUT2D eigenvalue weighted by molar-refractivity contribution is -0.113. The topological polar surface area (TPSA) is 127 Å². The van der Waals surface area contributed by atoms with Crippen LogP contribution in [0.2, 0.25) is 0 Å². The Morgan fingerprint density at radius 2 is 1.93 bits per heavy atom. The molecule has 28 heavy (non-hydrogen) atoms. The number of carbonyl (C=O) groups is 1. The third kappa shape index (κ3) is 5.53. The Balaban J connectivity index is 1.57. The van der Waals surface area contributed by atoms with Crippen LogP contribution >= 0.6 is 23.1 Å². The number of hydrogen-bond donors (Lipinski definition) is 2. The zero-order chi connectivity index (χ0) is 20.3. The van der Waals surface area contributed by atoms with Gasteiger partial charge in [0.25, 0.3) is 5.22 Å². The fraction of sp³-hybridized carbons (Fsp3) is 0.250. The lowest BCUT2D eigenvalue weighted by atomic mass is 10.2. The van der Waals surface area contributed by atoms with E-state index in [1.807, 2.05) is 13.8 Å². The highest BCUT2D eigenvalue weighted by atomic mass is 32.2. The fourth-order valence-corrected chi connectivity index (χ4v) is 4.05. The molecule has 0 bridgehead atoms. The van der Waals surface area contributed by atoms with Crippen LogP contribution in [0.25, 0.3) is 11.5 Å². The number of rotatable bonds is 7. The molecule has 0 saturated heterocycles. The monoisotopic (exact) mass is 439 g/mol. The van der Waals surface area contributed by atoms with Crippen LogP contribution in [0, 0.1) is 13.8 Å². The molecule has 2 aromatic heterocycles. The maximum atomic E-state index is 12.0. The second-order valence-electron chi connectivity index (χ2n) is 5.82. The molecule has 0 spiro atoms. The van der Waals surface area contributed by atoms with E-state index in [0.29, 0.717) is 16.4 Å². The molecular formula is C16H17N5O4S3. The van der Waals surface area contributed by atoms with Crippen LogP contribution in [-0.4, -0.2) is 41.5 Å². The number of aromatic nitrogens is 3. The minimum Gasteiger partial charge on any atom is -0.411 e. The first-order valence-corrected chi connectivity index (χ1v) is 11.7. The van der Waals surface area contributed by atoms with Crippen molar-refractivity contribution >= 4 is 49.8 Å². The van der Waals surface area contributed by atoms with Gasteiger partial charge >= 0.3 is 0 Å². The summed E-state index contributed by atoms with van der Waals surface area (Å²) in [4.78, 5) is 17.3. The minimum atomic E-state index is -3.34. The first-order valence-electron chi connectivity index (χ1n) is 7.98. The average molecular weight is 440 g/mol. The van der Waals surface area contributed by atoms with E-state index in [-0.39, 0.29) is 22.8 Å². The van der Waals surface area contributed by atoms with Gasteiger partial charge in [0.2, 0.25) is 21.8 Å². The number of sulfonamides is 1. The van der Waals surface area contributed by atoms with Gasteiger partial charge in [-0.1, -0.05) is 11.8 Å². The van der Waals surface area contributed by atoms with Gasteiger partial charge in [-0.15, -0.1) is 21.5 Å². The number of nitrogens with one attached hydrogen (secondary N) is 2. The van der Waals surface area contributed by atoms with Crippen molar-refractivity contribution in [2.45, 2.75) is 19.1 Å². The fourth-order valence-electron chi connectivity index (χ4n) is 2.09. The van der Waals surface area contributed by atoms with Crippen molar-refractivity contribution < 1.29 is 17.6 Å². The third-order valence-electron chi connectivity index (χ3n) is 3.44. The van der Waals surface area contributed by atoms with Crippen molar-refractivity contribution in [3.63, 3.8) is 0 Å². The summed E-state index contributed by atoms with van der Waals surface area (Å²) in [6.45, 7) is 3.83. The van der Waals surface area contributed by atoms with Crippen LogP contribution in [0.4, 0.5) is 10.8 Å². The third-order valence-corrected chi connectivity index (χ3v) is 5.86. The van der Waals surface area contributed by atoms with E-state index in [0.717, 1.165) is 28.6 Å². The van der Waals surface area contributed by atoms with Gasteiger partial charge in [-0.2, -0.15) is 0 Å². The number of amides is 1. The number of aryl methyl sites for hydroxylation is 2. The first kappa shape index (κ1) is 20.3. The predicted octanol–water partition coefficient (Wildman–Crippen LogP) is 2.91. The van der Waals surface area contributed by atoms with E-state index in [9.17, 15) is 13.2 Å². The Hall–Kier alpha value is -2.44. The van der Waals surface area contributed by atoms with Gasteiger partial charge in [-0.05, 0) is 38.1 Å². The Bertz CT molecular complexity index is 1070. The van der Waals surface area contributed by atoms with Crippen molar-refractivity contribution in [2.24, 2.45) is 0 Å². The van der Waals surface area contributed by atoms with E-state index in [2.05, 4.69) is 25.2 Å². The highest BCUT2D eigenvalue weighted by molar-refractivity contribution is 7.99. The minimum absolute atomic E-state index is 0.108. The Labute approximate surface area is 170 Å². The van der Waals surface area contributed by atoms with E-state index in [1.165, 1.54) is 11.3 Å². The van der Waals surface area contributed by atoms with E-state index < -0.39 is 10.0 Å². The van der Waals surface area contributed by atoms with Gasteiger partial charge in [0, 0.05) is 16.1 Å². The Kier molecular flexibility index (Phi) is 6.01. The van der Waals surface area contributed by atoms with Gasteiger partial charge in [-0.3, -0.25) is 9.52 Å². The highest BCUT2D eigenvalue weighted by Crippen LogP contribution is 2.25. The van der Waals surface area contributed by atoms with Crippen molar-refractivity contribution in [3.05, 3.63) is 34.8 Å². The summed E-state index contributed by atoms with van der Waals surface area (Å²) < 4.78 is 30.4. The summed E-state index contributed by atoms with van der Waals surface area (Å²) in [6, 6.07) is 6.52. The number of thiazole rings is 1. The maximum Gasteiger partial charge on any atom is 0.277 e. The van der Waals surface area contributed by atoms with Crippen molar-refractivity contribution in [2.75, 3.05) is 22.0 Å². The van der Waals surface area contributed by atoms with Crippen LogP contribution in [0.3, 0.4) is 0 Å². The van der Waals surface area contributed by atoms with Crippen LogP contribution in [0.5, 0.6) is 0 Å². The van der Waals surface area contributed by atoms with Gasteiger partial charge in [0.15, 0.2) is 5.13 Å². The quantitative estimate of drug-likeness (QED) is 0.538. The molecular weight excluding hydrogens is 422 g/mol. The number of thioether (sulfide) groups is 1. The largest absolute Gasteiger partial charge is 0.411 e. The summed E-state index contributed by atoms with van der Waals surface area (Å²) in [6.07, 6.45) is 1.08. The Morgan fingerprint density at radius 3 is 2.54 bits per heavy atom. The molecule has 1 aromatic carbocycles. The summed E-state index contributed by atoms with van der Waals surface area (Å²) in [5.74, 6) is 0.172. The lowest BCUT2D eigenvalue weighted by Crippen LogP contribution is -2.13. The summed E-state index contributed by atoms with van der Waals surface area (Å²) in [7, 11) is -3.34. The predicted molar refractivity (Wildman–Crippen MR) is 109 cm³/mol. The molecule has 3 aromatic rings. The average Bonchev–Trinajstić information content (AvgIpc) is 3.19. The van der Waals surface area contributed by atoms with Crippen molar-refractivity contribution in [3.8, 4) is 11.5 Å². The van der Waals surface area contributed by atoms with Crippen LogP contribution in [0.1, 0.15) is 10.6 Å². The molecule has 0 radical (unpaired) electrons. The number of benzene rings is 1. The van der Waals surface area contributed by atoms with E-state index >= 15 is 0 Å². The maximum absolute atomic E-state index is 12.0. The van der Waals surface area contributed by atoms with Crippen LogP contribution < -0.4 is 10.0 Å². The molecule has 0 saturated carbocycles. The molecule has 0 aliphatic carbocycles. The van der Waals surface area contributed by atoms with Crippen molar-refractivity contribution in [1.29, 1.82) is 0 Å². The number of carbonyl (C=O) groups excluding carboxylic acids is 1. The molecule has 3 rings (SSSR count). The van der Waals surface area contributed by atoms with E-state index in [1.54, 1.807) is 24.3 Å². The Morgan fingerprint density at radius 1 is 1.21 bits per heavy atom. The summed E-state index contributed by atoms with van der Waals surface area (Å²) >= 11 is 2.54. The number of hydrogen-bond acceptors (Lipinski definition) is 9. The molecule has 0 fully saturated rings. The molecule has 0 aliphatic rings. The smallest absolute Gasteiger partial charge is 0.277 e. The molecule has 148 valence electrons. The van der Waals surface area contributed by atoms with Gasteiger partial charge in [0.05, 0.1) is 17.7 Å². The highest BCUT2D eigenvalue weighted by Gasteiger charge is 2.13. The normalized spacial score (nSPS) is 11.4. The van der Waals surface area contributed by atoms with Gasteiger partial charge < -0.3 is 9.73 Å². The molecule has 0 unspecified atom stereocenters. The molecule has 9 nitrogen and oxygen atoms in total. The zero-order valence-corrected chi connectivity index (χ0v) is 17.7. The number of nitrogens with zero attached hydrogens (tertiary/aromatic N) is 3. The lowest BCUT2D eigenvalue weighted by Gasteiger charge is -2.03. The standard InChI is InChI=1S/C16H17N5O4S3/c1-9-10(2)27-15(17-9)18-13(22)8-26-16-20-19-14(25-16)11-4-6-12(7-5-11)21-28(3,23)24/h4-7,21H,8H2,1-3H3,(H,17,18,22). The second kappa shape index (κ2) is 8.29. The SMILES string of the molecule is Cc1nc(NC(=O)CSc2nnc(-c3ccc(NS(C)(=O)=O)cc3)o2)sc1C. The van der Waals surface area contributed by atoms with Crippen LogP contribution in [-0.2, 0) is 14.8 Å². The summed E-state index contributed by atoms with van der Waals surface area (Å²) in [5.41, 5.74) is 1.97. The number of anilines is 2. The van der Waals surface area contributed by atoms with Crippen LogP contribution in [0.15, 0.2) is 33.9 Å². The molecule has 2 heterocycles. The van der Waals surface area contributed by atoms with Crippen molar-refractivity contribution in [1.82, 2.24) is 15.2 Å². The second-order valence-corrected chi connectivity index (χ2v) is 9.70. The summed E-state index contributed by atoms with van der Waals surface area (Å²) in [5, 5.41) is 11.4. The van der Waals surface area contributed by atoms with Gasteiger partial charge in [0.1, 0.15) is 0 Å². The molecule has 0 atom stereocenters. The molecule has 12 heteroatoms. The molecule has 1 amide bonds. The zero-order valence-electron chi connectivity index (χ0n) is 15.2. The molecule has 2 N–H and O–H groups in total. The molecule has 0 aliphatic heterocycles. The first-order chi connectivity index (χ1) is 13.2.